The van der Waals surface area contributed by atoms with Crippen LogP contribution in [-0.2, 0) is 5.41 Å². The van der Waals surface area contributed by atoms with Crippen molar-refractivity contribution in [3.63, 3.8) is 0 Å². The van der Waals surface area contributed by atoms with Gasteiger partial charge in [0, 0.05) is 36.3 Å². The normalized spacial score (nSPS) is 14.0. The first-order valence-electron chi connectivity index (χ1n) is 8.50. The summed E-state index contributed by atoms with van der Waals surface area (Å²) in [5, 5.41) is 2.92. The van der Waals surface area contributed by atoms with Gasteiger partial charge >= 0.3 is 0 Å². The van der Waals surface area contributed by atoms with Gasteiger partial charge in [-0.2, -0.15) is 0 Å². The summed E-state index contributed by atoms with van der Waals surface area (Å²) in [6.45, 7) is 6.03. The van der Waals surface area contributed by atoms with Gasteiger partial charge in [0.05, 0.1) is 0 Å². The van der Waals surface area contributed by atoms with E-state index >= 15 is 0 Å². The zero-order valence-corrected chi connectivity index (χ0v) is 14.6. The molecule has 0 saturated heterocycles. The van der Waals surface area contributed by atoms with Gasteiger partial charge in [0.2, 0.25) is 0 Å². The van der Waals surface area contributed by atoms with Crippen LogP contribution in [0.5, 0.6) is 0 Å². The monoisotopic (exact) mass is 338 g/mol. The van der Waals surface area contributed by atoms with Crippen molar-refractivity contribution >= 4 is 11.6 Å². The van der Waals surface area contributed by atoms with Crippen LogP contribution >= 0.6 is 0 Å². The SMILES string of the molecule is CC(C)(CNC(=O)c1ccc(N2CC=CC2)cc1)c1ccccc1F. The average Bonchev–Trinajstić information content (AvgIpc) is 3.15. The van der Waals surface area contributed by atoms with Crippen molar-refractivity contribution in [2.75, 3.05) is 24.5 Å². The molecule has 130 valence electrons. The quantitative estimate of drug-likeness (QED) is 0.839. The van der Waals surface area contributed by atoms with Gasteiger partial charge in [-0.15, -0.1) is 0 Å². The second kappa shape index (κ2) is 7.09. The van der Waals surface area contributed by atoms with Gasteiger partial charge in [0.15, 0.2) is 0 Å². The zero-order valence-electron chi connectivity index (χ0n) is 14.6. The smallest absolute Gasteiger partial charge is 0.251 e. The van der Waals surface area contributed by atoms with Crippen molar-refractivity contribution in [2.24, 2.45) is 0 Å². The highest BCUT2D eigenvalue weighted by Crippen LogP contribution is 2.25. The molecule has 2 aromatic carbocycles. The third kappa shape index (κ3) is 3.90. The molecule has 4 heteroatoms. The average molecular weight is 338 g/mol. The van der Waals surface area contributed by atoms with E-state index < -0.39 is 5.41 Å². The van der Waals surface area contributed by atoms with Gasteiger partial charge in [-0.1, -0.05) is 44.2 Å². The van der Waals surface area contributed by atoms with Crippen LogP contribution in [0.15, 0.2) is 60.7 Å². The zero-order chi connectivity index (χ0) is 17.9. The van der Waals surface area contributed by atoms with E-state index in [0.29, 0.717) is 17.7 Å². The molecule has 25 heavy (non-hydrogen) atoms. The first-order chi connectivity index (χ1) is 12.0. The van der Waals surface area contributed by atoms with Gasteiger partial charge in [-0.3, -0.25) is 4.79 Å². The lowest BCUT2D eigenvalue weighted by Gasteiger charge is -2.26. The van der Waals surface area contributed by atoms with E-state index in [2.05, 4.69) is 22.4 Å². The van der Waals surface area contributed by atoms with E-state index in [9.17, 15) is 9.18 Å². The van der Waals surface area contributed by atoms with Crippen molar-refractivity contribution in [1.82, 2.24) is 5.32 Å². The number of halogens is 1. The van der Waals surface area contributed by atoms with Crippen LogP contribution in [-0.4, -0.2) is 25.5 Å². The summed E-state index contributed by atoms with van der Waals surface area (Å²) in [7, 11) is 0. The predicted octanol–water partition coefficient (Wildman–Crippen LogP) is 3.91. The van der Waals surface area contributed by atoms with Crippen LogP contribution in [0.25, 0.3) is 0 Å². The topological polar surface area (TPSA) is 32.3 Å². The molecule has 0 spiro atoms. The van der Waals surface area contributed by atoms with Crippen LogP contribution in [0.4, 0.5) is 10.1 Å². The number of anilines is 1. The number of rotatable bonds is 5. The summed E-state index contributed by atoms with van der Waals surface area (Å²) in [4.78, 5) is 14.6. The Morgan fingerprint density at radius 2 is 1.72 bits per heavy atom. The molecule has 0 aromatic heterocycles. The lowest BCUT2D eigenvalue weighted by molar-refractivity contribution is 0.0945. The molecule has 2 aromatic rings. The number of carbonyl (C=O) groups excluding carboxylic acids is 1. The third-order valence-electron chi connectivity index (χ3n) is 4.61. The molecule has 0 bridgehead atoms. The minimum Gasteiger partial charge on any atom is -0.364 e. The molecule has 1 heterocycles. The van der Waals surface area contributed by atoms with Crippen molar-refractivity contribution < 1.29 is 9.18 Å². The Morgan fingerprint density at radius 1 is 1.08 bits per heavy atom. The van der Waals surface area contributed by atoms with E-state index in [0.717, 1.165) is 18.8 Å². The fraction of sp³-hybridized carbons (Fsp3) is 0.286. The number of hydrogen-bond acceptors (Lipinski definition) is 2. The van der Waals surface area contributed by atoms with Gasteiger partial charge in [-0.25, -0.2) is 4.39 Å². The second-order valence-corrected chi connectivity index (χ2v) is 6.97. The highest BCUT2D eigenvalue weighted by atomic mass is 19.1. The Hall–Kier alpha value is -2.62. The maximum atomic E-state index is 14.0. The van der Waals surface area contributed by atoms with Crippen molar-refractivity contribution in [1.29, 1.82) is 0 Å². The first-order valence-corrected chi connectivity index (χ1v) is 8.50. The Kier molecular flexibility index (Phi) is 4.88. The number of hydrogen-bond donors (Lipinski definition) is 1. The summed E-state index contributed by atoms with van der Waals surface area (Å²) in [6.07, 6.45) is 4.26. The molecule has 1 aliphatic heterocycles. The molecule has 1 amide bonds. The number of carbonyl (C=O) groups is 1. The van der Waals surface area contributed by atoms with Crippen LogP contribution in [0.3, 0.4) is 0 Å². The highest BCUT2D eigenvalue weighted by molar-refractivity contribution is 5.94. The van der Waals surface area contributed by atoms with Crippen LogP contribution in [0, 0.1) is 5.82 Å². The number of benzene rings is 2. The molecule has 0 unspecified atom stereocenters. The second-order valence-electron chi connectivity index (χ2n) is 6.97. The van der Waals surface area contributed by atoms with E-state index in [4.69, 9.17) is 0 Å². The van der Waals surface area contributed by atoms with E-state index in [1.54, 1.807) is 12.1 Å². The molecule has 0 atom stereocenters. The van der Waals surface area contributed by atoms with Gasteiger partial charge in [0.25, 0.3) is 5.91 Å². The van der Waals surface area contributed by atoms with Crippen molar-refractivity contribution in [2.45, 2.75) is 19.3 Å². The van der Waals surface area contributed by atoms with Gasteiger partial charge < -0.3 is 10.2 Å². The Bertz CT molecular complexity index is 773. The van der Waals surface area contributed by atoms with E-state index in [1.807, 2.05) is 44.2 Å². The Morgan fingerprint density at radius 3 is 2.36 bits per heavy atom. The molecule has 0 aliphatic carbocycles. The minimum atomic E-state index is -0.484. The molecule has 1 aliphatic rings. The minimum absolute atomic E-state index is 0.143. The summed E-state index contributed by atoms with van der Waals surface area (Å²) in [5.41, 5.74) is 1.84. The van der Waals surface area contributed by atoms with E-state index in [1.165, 1.54) is 6.07 Å². The molecule has 1 N–H and O–H groups in total. The fourth-order valence-electron chi connectivity index (χ4n) is 3.02. The third-order valence-corrected chi connectivity index (χ3v) is 4.61. The van der Waals surface area contributed by atoms with Gasteiger partial charge in [0.1, 0.15) is 5.82 Å². The lowest BCUT2D eigenvalue weighted by atomic mass is 9.84. The molecule has 0 saturated carbocycles. The van der Waals surface area contributed by atoms with E-state index in [-0.39, 0.29) is 11.7 Å². The van der Waals surface area contributed by atoms with Crippen LogP contribution < -0.4 is 10.2 Å². The fourth-order valence-corrected chi connectivity index (χ4v) is 3.02. The molecule has 0 radical (unpaired) electrons. The van der Waals surface area contributed by atoms with Crippen molar-refractivity contribution in [3.8, 4) is 0 Å². The van der Waals surface area contributed by atoms with Crippen molar-refractivity contribution in [3.05, 3.63) is 77.6 Å². The van der Waals surface area contributed by atoms with Crippen LogP contribution in [0.1, 0.15) is 29.8 Å². The predicted molar refractivity (Wildman–Crippen MR) is 99.6 cm³/mol. The maximum Gasteiger partial charge on any atom is 0.251 e. The Labute approximate surface area is 148 Å². The summed E-state index contributed by atoms with van der Waals surface area (Å²) < 4.78 is 14.0. The lowest BCUT2D eigenvalue weighted by Crippen LogP contribution is -2.37. The molecular formula is C21H23FN2O. The number of amides is 1. The highest BCUT2D eigenvalue weighted by Gasteiger charge is 2.24. The largest absolute Gasteiger partial charge is 0.364 e. The molecule has 3 nitrogen and oxygen atoms in total. The first kappa shape index (κ1) is 17.2. The van der Waals surface area contributed by atoms with Gasteiger partial charge in [-0.05, 0) is 35.9 Å². The molecule has 0 fully saturated rings. The number of nitrogens with one attached hydrogen (secondary N) is 1. The summed E-state index contributed by atoms with van der Waals surface area (Å²) in [6, 6.07) is 14.3. The Balaban J connectivity index is 1.63. The summed E-state index contributed by atoms with van der Waals surface area (Å²) >= 11 is 0. The summed E-state index contributed by atoms with van der Waals surface area (Å²) in [5.74, 6) is -0.388. The van der Waals surface area contributed by atoms with Crippen LogP contribution in [0.2, 0.25) is 0 Å². The molecule has 3 rings (SSSR count). The number of nitrogens with zero attached hydrogens (tertiary/aromatic N) is 1. The standard InChI is InChI=1S/C21H23FN2O/c1-21(2,18-7-3-4-8-19(18)22)15-23-20(25)16-9-11-17(12-10-16)24-13-5-6-14-24/h3-12H,13-15H2,1-2H3,(H,23,25). The molecular weight excluding hydrogens is 315 g/mol. The maximum absolute atomic E-state index is 14.0.